The van der Waals surface area contributed by atoms with E-state index in [0.29, 0.717) is 6.42 Å². The van der Waals surface area contributed by atoms with Crippen molar-refractivity contribution in [1.29, 1.82) is 0 Å². The number of rotatable bonds is 4. The van der Waals surface area contributed by atoms with Crippen LogP contribution in [0.5, 0.6) is 0 Å². The molecule has 5 heteroatoms. The zero-order valence-electron chi connectivity index (χ0n) is 11.0. The van der Waals surface area contributed by atoms with Gasteiger partial charge in [-0.3, -0.25) is 14.4 Å². The average molecular weight is 288 g/mol. The molecular formula is C15H16N2O2S. The lowest BCUT2D eigenvalue weighted by Crippen LogP contribution is -2.48. The van der Waals surface area contributed by atoms with Crippen LogP contribution in [-0.2, 0) is 15.6 Å². The summed E-state index contributed by atoms with van der Waals surface area (Å²) in [5.74, 6) is 2.64. The first-order valence-corrected chi connectivity index (χ1v) is 7.66. The summed E-state index contributed by atoms with van der Waals surface area (Å²) in [6.45, 7) is 0. The predicted octanol–water partition coefficient (Wildman–Crippen LogP) is 1.22. The Labute approximate surface area is 121 Å². The molecule has 0 saturated carbocycles. The number of benzene rings is 1. The molecule has 0 aromatic heterocycles. The van der Waals surface area contributed by atoms with Gasteiger partial charge in [-0.2, -0.15) is 0 Å². The van der Waals surface area contributed by atoms with Gasteiger partial charge in [0.25, 0.3) is 0 Å². The number of nitrogens with one attached hydrogen (secondary N) is 2. The molecule has 1 aromatic carbocycles. The molecule has 1 heterocycles. The van der Waals surface area contributed by atoms with E-state index in [9.17, 15) is 9.00 Å². The Balaban J connectivity index is 2.11. The highest BCUT2D eigenvalue weighted by atomic mass is 32.2. The first-order valence-electron chi connectivity index (χ1n) is 6.34. The van der Waals surface area contributed by atoms with Gasteiger partial charge in [0.05, 0.1) is 16.6 Å². The zero-order chi connectivity index (χ0) is 14.4. The molecule has 4 nitrogen and oxygen atoms in total. The number of terminal acetylenes is 1. The number of hydrogen-bond donors (Lipinski definition) is 2. The lowest BCUT2D eigenvalue weighted by Gasteiger charge is -2.20. The Kier molecular flexibility index (Phi) is 5.10. The van der Waals surface area contributed by atoms with E-state index in [1.807, 2.05) is 36.4 Å². The first kappa shape index (κ1) is 14.5. The van der Waals surface area contributed by atoms with E-state index < -0.39 is 10.8 Å². The van der Waals surface area contributed by atoms with Gasteiger partial charge in [0.2, 0.25) is 5.91 Å². The van der Waals surface area contributed by atoms with Crippen molar-refractivity contribution in [3.05, 3.63) is 35.9 Å². The Morgan fingerprint density at radius 1 is 1.45 bits per heavy atom. The summed E-state index contributed by atoms with van der Waals surface area (Å²) in [4.78, 5) is 11.8. The fourth-order valence-electron chi connectivity index (χ4n) is 1.94. The van der Waals surface area contributed by atoms with Crippen LogP contribution in [0.3, 0.4) is 0 Å². The maximum Gasteiger partial charge on any atom is 0.234 e. The van der Waals surface area contributed by atoms with E-state index in [1.165, 1.54) is 0 Å². The standard InChI is InChI=1S/C15H16N2O2S/c1-2-11-20(19)14-6-4-3-5-12(14)7-8-13-9-10-15(18)17-16-13/h1,3-8,13,16H,9-11H2,(H,17,18)/b8-7+. The van der Waals surface area contributed by atoms with Crippen molar-refractivity contribution in [2.45, 2.75) is 23.8 Å². The maximum absolute atomic E-state index is 12.0. The van der Waals surface area contributed by atoms with Crippen molar-refractivity contribution in [2.75, 3.05) is 5.75 Å². The van der Waals surface area contributed by atoms with Crippen molar-refractivity contribution in [1.82, 2.24) is 10.9 Å². The number of amides is 1. The third kappa shape index (κ3) is 3.80. The minimum absolute atomic E-state index is 0.00479. The quantitative estimate of drug-likeness (QED) is 0.819. The third-order valence-corrected chi connectivity index (χ3v) is 4.26. The van der Waals surface area contributed by atoms with Crippen LogP contribution in [-0.4, -0.2) is 21.9 Å². The van der Waals surface area contributed by atoms with Crippen molar-refractivity contribution in [3.8, 4) is 12.3 Å². The highest BCUT2D eigenvalue weighted by Crippen LogP contribution is 2.16. The van der Waals surface area contributed by atoms with Crippen LogP contribution in [0.4, 0.5) is 0 Å². The molecule has 1 aliphatic rings. The Morgan fingerprint density at radius 3 is 2.95 bits per heavy atom. The van der Waals surface area contributed by atoms with E-state index in [2.05, 4.69) is 16.8 Å². The summed E-state index contributed by atoms with van der Waals surface area (Å²) in [7, 11) is -1.18. The fourth-order valence-corrected chi connectivity index (χ4v) is 2.87. The molecule has 0 radical (unpaired) electrons. The lowest BCUT2D eigenvalue weighted by atomic mass is 10.1. The van der Waals surface area contributed by atoms with E-state index >= 15 is 0 Å². The van der Waals surface area contributed by atoms with Gasteiger partial charge in [0, 0.05) is 17.4 Å². The van der Waals surface area contributed by atoms with Crippen LogP contribution in [0.2, 0.25) is 0 Å². The number of hydrogen-bond acceptors (Lipinski definition) is 3. The maximum atomic E-state index is 12.0. The lowest BCUT2D eigenvalue weighted by molar-refractivity contribution is -0.123. The third-order valence-electron chi connectivity index (χ3n) is 2.97. The minimum atomic E-state index is -1.18. The van der Waals surface area contributed by atoms with Gasteiger partial charge >= 0.3 is 0 Å². The zero-order valence-corrected chi connectivity index (χ0v) is 11.8. The molecule has 0 bridgehead atoms. The smallest absolute Gasteiger partial charge is 0.234 e. The first-order chi connectivity index (χ1) is 9.70. The van der Waals surface area contributed by atoms with Gasteiger partial charge in [0.1, 0.15) is 0 Å². The minimum Gasteiger partial charge on any atom is -0.291 e. The molecule has 1 aliphatic heterocycles. The van der Waals surface area contributed by atoms with E-state index in [0.717, 1.165) is 16.9 Å². The van der Waals surface area contributed by atoms with Crippen molar-refractivity contribution in [3.63, 3.8) is 0 Å². The van der Waals surface area contributed by atoms with Gasteiger partial charge in [-0.05, 0) is 18.1 Å². The highest BCUT2D eigenvalue weighted by molar-refractivity contribution is 7.85. The molecule has 20 heavy (non-hydrogen) atoms. The molecule has 0 aliphatic carbocycles. The van der Waals surface area contributed by atoms with Crippen LogP contribution in [0.1, 0.15) is 18.4 Å². The Morgan fingerprint density at radius 2 is 2.25 bits per heavy atom. The summed E-state index contributed by atoms with van der Waals surface area (Å²) < 4.78 is 12.0. The molecule has 2 unspecified atom stereocenters. The summed E-state index contributed by atoms with van der Waals surface area (Å²) in [6.07, 6.45) is 10.3. The van der Waals surface area contributed by atoms with Crippen molar-refractivity contribution < 1.29 is 9.00 Å². The molecule has 1 aromatic rings. The summed E-state index contributed by atoms with van der Waals surface area (Å²) in [5, 5.41) is 0. The van der Waals surface area contributed by atoms with Crippen LogP contribution in [0, 0.1) is 12.3 Å². The van der Waals surface area contributed by atoms with Gasteiger partial charge in [0.15, 0.2) is 0 Å². The molecule has 1 amide bonds. The van der Waals surface area contributed by atoms with Gasteiger partial charge in [-0.15, -0.1) is 6.42 Å². The molecular weight excluding hydrogens is 272 g/mol. The molecule has 0 spiro atoms. The SMILES string of the molecule is C#CCS(=O)c1ccccc1/C=C/C1CCC(=O)NN1. The normalized spacial score (nSPS) is 20.4. The second-order valence-corrected chi connectivity index (χ2v) is 5.85. The molecule has 2 N–H and O–H groups in total. The summed E-state index contributed by atoms with van der Waals surface area (Å²) in [5.41, 5.74) is 6.41. The Hall–Kier alpha value is -1.90. The fraction of sp³-hybridized carbons (Fsp3) is 0.267. The molecule has 1 fully saturated rings. The van der Waals surface area contributed by atoms with Gasteiger partial charge in [-0.25, -0.2) is 5.43 Å². The van der Waals surface area contributed by atoms with Crippen LogP contribution in [0.25, 0.3) is 6.08 Å². The number of carbonyl (C=O) groups excluding carboxylic acids is 1. The monoisotopic (exact) mass is 288 g/mol. The van der Waals surface area contributed by atoms with E-state index in [4.69, 9.17) is 6.42 Å². The van der Waals surface area contributed by atoms with Crippen LogP contribution >= 0.6 is 0 Å². The largest absolute Gasteiger partial charge is 0.291 e. The predicted molar refractivity (Wildman–Crippen MR) is 79.9 cm³/mol. The van der Waals surface area contributed by atoms with Crippen molar-refractivity contribution >= 4 is 22.8 Å². The number of carbonyl (C=O) groups is 1. The second kappa shape index (κ2) is 7.04. The number of hydrazine groups is 1. The summed E-state index contributed by atoms with van der Waals surface area (Å²) >= 11 is 0. The highest BCUT2D eigenvalue weighted by Gasteiger charge is 2.14. The van der Waals surface area contributed by atoms with Crippen molar-refractivity contribution in [2.24, 2.45) is 0 Å². The average Bonchev–Trinajstić information content (AvgIpc) is 2.47. The van der Waals surface area contributed by atoms with E-state index in [1.54, 1.807) is 0 Å². The van der Waals surface area contributed by atoms with Gasteiger partial charge < -0.3 is 0 Å². The van der Waals surface area contributed by atoms with Crippen LogP contribution in [0.15, 0.2) is 35.2 Å². The second-order valence-electron chi connectivity index (χ2n) is 4.43. The topological polar surface area (TPSA) is 58.2 Å². The molecule has 2 rings (SSSR count). The summed E-state index contributed by atoms with van der Waals surface area (Å²) in [6, 6.07) is 7.55. The Bertz CT molecular complexity index is 580. The molecule has 1 saturated heterocycles. The van der Waals surface area contributed by atoms with Gasteiger partial charge in [-0.1, -0.05) is 36.3 Å². The molecule has 2 atom stereocenters. The molecule has 104 valence electrons. The van der Waals surface area contributed by atoms with Crippen LogP contribution < -0.4 is 10.9 Å². The van der Waals surface area contributed by atoms with E-state index in [-0.39, 0.29) is 17.7 Å².